The zero-order valence-corrected chi connectivity index (χ0v) is 19.1. The van der Waals surface area contributed by atoms with Crippen molar-refractivity contribution in [1.82, 2.24) is 10.2 Å². The van der Waals surface area contributed by atoms with Gasteiger partial charge in [0, 0.05) is 12.1 Å². The summed E-state index contributed by atoms with van der Waals surface area (Å²) >= 11 is 0. The van der Waals surface area contributed by atoms with Gasteiger partial charge in [0.25, 0.3) is 0 Å². The molecule has 2 amide bonds. The van der Waals surface area contributed by atoms with Crippen molar-refractivity contribution in [2.24, 2.45) is 11.8 Å². The van der Waals surface area contributed by atoms with Crippen LogP contribution in [0.1, 0.15) is 60.4 Å². The van der Waals surface area contributed by atoms with Crippen molar-refractivity contribution in [2.75, 3.05) is 0 Å². The SMILES string of the molecule is Cc1ccc(C)c(C2NC(C(=O)O)(c3ccccc3)C3C(=O)N(C4CCCCC4)C(=O)C23)c1. The third kappa shape index (κ3) is 3.22. The Kier molecular flexibility index (Phi) is 5.36. The van der Waals surface area contributed by atoms with E-state index in [2.05, 4.69) is 5.32 Å². The predicted octanol–water partition coefficient (Wildman–Crippen LogP) is 3.86. The maximum atomic E-state index is 13.9. The molecule has 33 heavy (non-hydrogen) atoms. The highest BCUT2D eigenvalue weighted by Crippen LogP contribution is 2.54. The number of carboxylic acid groups (broad SMARTS) is 1. The maximum Gasteiger partial charge on any atom is 0.329 e. The predicted molar refractivity (Wildman–Crippen MR) is 123 cm³/mol. The molecular weight excluding hydrogens is 416 g/mol. The molecule has 1 saturated carbocycles. The van der Waals surface area contributed by atoms with Crippen molar-refractivity contribution < 1.29 is 19.5 Å². The number of likely N-dealkylation sites (tertiary alicyclic amines) is 1. The molecule has 2 aromatic carbocycles. The van der Waals surface area contributed by atoms with Crippen LogP contribution >= 0.6 is 0 Å². The molecule has 3 fully saturated rings. The molecule has 2 heterocycles. The van der Waals surface area contributed by atoms with E-state index in [0.717, 1.165) is 48.8 Å². The molecule has 0 aromatic heterocycles. The fourth-order valence-electron chi connectivity index (χ4n) is 6.28. The average Bonchev–Trinajstić information content (AvgIpc) is 3.31. The third-order valence-corrected chi connectivity index (χ3v) is 7.87. The summed E-state index contributed by atoms with van der Waals surface area (Å²) in [6.45, 7) is 3.95. The largest absolute Gasteiger partial charge is 0.480 e. The molecule has 6 heteroatoms. The Morgan fingerprint density at radius 3 is 2.36 bits per heavy atom. The topological polar surface area (TPSA) is 86.7 Å². The van der Waals surface area contributed by atoms with Crippen molar-refractivity contribution in [3.63, 3.8) is 0 Å². The van der Waals surface area contributed by atoms with Crippen LogP contribution in [0.15, 0.2) is 48.5 Å². The van der Waals surface area contributed by atoms with Gasteiger partial charge in [0.15, 0.2) is 5.54 Å². The zero-order valence-electron chi connectivity index (χ0n) is 19.1. The van der Waals surface area contributed by atoms with Gasteiger partial charge in [-0.2, -0.15) is 0 Å². The van der Waals surface area contributed by atoms with Crippen LogP contribution in [0, 0.1) is 25.7 Å². The molecule has 2 saturated heterocycles. The minimum atomic E-state index is -1.66. The summed E-state index contributed by atoms with van der Waals surface area (Å²) in [6.07, 6.45) is 4.67. The fourth-order valence-corrected chi connectivity index (χ4v) is 6.28. The number of rotatable bonds is 4. The second-order valence-corrected chi connectivity index (χ2v) is 9.80. The van der Waals surface area contributed by atoms with E-state index in [4.69, 9.17) is 0 Å². The molecule has 0 spiro atoms. The highest BCUT2D eigenvalue weighted by molar-refractivity contribution is 6.10. The van der Waals surface area contributed by atoms with E-state index in [9.17, 15) is 19.5 Å². The van der Waals surface area contributed by atoms with Gasteiger partial charge in [-0.05, 0) is 43.4 Å². The van der Waals surface area contributed by atoms with Crippen molar-refractivity contribution in [1.29, 1.82) is 0 Å². The molecule has 4 unspecified atom stereocenters. The van der Waals surface area contributed by atoms with Crippen LogP contribution < -0.4 is 5.32 Å². The minimum Gasteiger partial charge on any atom is -0.480 e. The molecule has 6 nitrogen and oxygen atoms in total. The summed E-state index contributed by atoms with van der Waals surface area (Å²) in [5.74, 6) is -3.44. The molecule has 2 aliphatic heterocycles. The number of hydrogen-bond acceptors (Lipinski definition) is 4. The minimum absolute atomic E-state index is 0.133. The van der Waals surface area contributed by atoms with Gasteiger partial charge in [-0.25, -0.2) is 4.79 Å². The van der Waals surface area contributed by atoms with Gasteiger partial charge < -0.3 is 5.11 Å². The van der Waals surface area contributed by atoms with Crippen molar-refractivity contribution in [3.8, 4) is 0 Å². The molecule has 3 aliphatic rings. The first-order valence-corrected chi connectivity index (χ1v) is 11.9. The molecular formula is C27H30N2O4. The number of amides is 2. The second-order valence-electron chi connectivity index (χ2n) is 9.80. The number of aliphatic carboxylic acids is 1. The smallest absolute Gasteiger partial charge is 0.329 e. The van der Waals surface area contributed by atoms with E-state index >= 15 is 0 Å². The fraction of sp³-hybridized carbons (Fsp3) is 0.444. The normalized spacial score (nSPS) is 30.0. The van der Waals surface area contributed by atoms with E-state index in [1.54, 1.807) is 24.3 Å². The number of carboxylic acids is 1. The summed E-state index contributed by atoms with van der Waals surface area (Å²) in [6, 6.07) is 14.2. The maximum absolute atomic E-state index is 13.9. The Morgan fingerprint density at radius 2 is 1.70 bits per heavy atom. The quantitative estimate of drug-likeness (QED) is 0.697. The summed E-state index contributed by atoms with van der Waals surface area (Å²) in [5.41, 5.74) is 1.73. The molecule has 4 atom stereocenters. The number of nitrogens with zero attached hydrogens (tertiary/aromatic N) is 1. The highest BCUT2D eigenvalue weighted by atomic mass is 16.4. The lowest BCUT2D eigenvalue weighted by Gasteiger charge is -2.35. The molecule has 172 valence electrons. The summed E-state index contributed by atoms with van der Waals surface area (Å²) in [4.78, 5) is 42.2. The lowest BCUT2D eigenvalue weighted by atomic mass is 9.75. The average molecular weight is 447 g/mol. The van der Waals surface area contributed by atoms with Crippen LogP contribution in [0.3, 0.4) is 0 Å². The third-order valence-electron chi connectivity index (χ3n) is 7.87. The first-order valence-electron chi connectivity index (χ1n) is 11.9. The van der Waals surface area contributed by atoms with Gasteiger partial charge in [-0.15, -0.1) is 0 Å². The molecule has 2 aromatic rings. The van der Waals surface area contributed by atoms with Gasteiger partial charge in [-0.3, -0.25) is 19.8 Å². The number of fused-ring (bicyclic) bond motifs is 1. The number of hydrogen-bond donors (Lipinski definition) is 2. The first-order chi connectivity index (χ1) is 15.9. The van der Waals surface area contributed by atoms with Gasteiger partial charge in [0.05, 0.1) is 11.8 Å². The molecule has 5 rings (SSSR count). The van der Waals surface area contributed by atoms with Crippen molar-refractivity contribution in [2.45, 2.75) is 63.6 Å². The summed E-state index contributed by atoms with van der Waals surface area (Å²) < 4.78 is 0. The van der Waals surface area contributed by atoms with Crippen LogP contribution in [-0.2, 0) is 19.9 Å². The van der Waals surface area contributed by atoms with Crippen LogP contribution in [0.2, 0.25) is 0 Å². The van der Waals surface area contributed by atoms with Gasteiger partial charge in [0.2, 0.25) is 11.8 Å². The summed E-state index contributed by atoms with van der Waals surface area (Å²) in [5, 5.41) is 13.9. The standard InChI is InChI=1S/C27H30N2O4/c1-16-13-14-17(2)20(15-16)23-21-22(25(31)29(24(21)30)19-11-7-4-8-12-19)27(28-23,26(32)33)18-9-5-3-6-10-18/h3,5-6,9-10,13-15,19,21-23,28H,4,7-8,11-12H2,1-2H3,(H,32,33). The van der Waals surface area contributed by atoms with Gasteiger partial charge in [0.1, 0.15) is 0 Å². The Bertz CT molecular complexity index is 1110. The number of carbonyl (C=O) groups excluding carboxylic acids is 2. The van der Waals surface area contributed by atoms with Crippen LogP contribution in [0.4, 0.5) is 0 Å². The lowest BCUT2D eigenvalue weighted by molar-refractivity contribution is -0.153. The van der Waals surface area contributed by atoms with E-state index in [1.165, 1.54) is 4.90 Å². The number of carbonyl (C=O) groups is 3. The Labute approximate surface area is 194 Å². The highest BCUT2D eigenvalue weighted by Gasteiger charge is 2.69. The van der Waals surface area contributed by atoms with E-state index in [-0.39, 0.29) is 17.9 Å². The Hall–Kier alpha value is -2.99. The number of aryl methyl sites for hydroxylation is 2. The second kappa shape index (κ2) is 8.10. The van der Waals surface area contributed by atoms with Crippen LogP contribution in [0.5, 0.6) is 0 Å². The van der Waals surface area contributed by atoms with E-state index < -0.39 is 29.4 Å². The Balaban J connectivity index is 1.69. The Morgan fingerprint density at radius 1 is 1.00 bits per heavy atom. The summed E-state index contributed by atoms with van der Waals surface area (Å²) in [7, 11) is 0. The molecule has 1 aliphatic carbocycles. The van der Waals surface area contributed by atoms with Gasteiger partial charge >= 0.3 is 5.97 Å². The first kappa shape index (κ1) is 21.8. The van der Waals surface area contributed by atoms with Crippen molar-refractivity contribution >= 4 is 17.8 Å². The van der Waals surface area contributed by atoms with Crippen LogP contribution in [0.25, 0.3) is 0 Å². The van der Waals surface area contributed by atoms with Crippen molar-refractivity contribution in [3.05, 3.63) is 70.8 Å². The number of nitrogens with one attached hydrogen (secondary N) is 1. The molecule has 2 N–H and O–H groups in total. The lowest BCUT2D eigenvalue weighted by Crippen LogP contribution is -2.54. The molecule has 0 radical (unpaired) electrons. The molecule has 0 bridgehead atoms. The van der Waals surface area contributed by atoms with Gasteiger partial charge in [-0.1, -0.05) is 73.4 Å². The van der Waals surface area contributed by atoms with E-state index in [1.807, 2.05) is 38.1 Å². The number of imide groups is 1. The monoisotopic (exact) mass is 446 g/mol. The van der Waals surface area contributed by atoms with E-state index in [0.29, 0.717) is 5.56 Å². The zero-order chi connectivity index (χ0) is 23.3. The number of benzene rings is 2. The van der Waals surface area contributed by atoms with Crippen LogP contribution in [-0.4, -0.2) is 33.8 Å².